The van der Waals surface area contributed by atoms with E-state index in [0.717, 1.165) is 38.5 Å². The van der Waals surface area contributed by atoms with Gasteiger partial charge in [0.2, 0.25) is 11.8 Å². The zero-order valence-electron chi connectivity index (χ0n) is 12.6. The summed E-state index contributed by atoms with van der Waals surface area (Å²) < 4.78 is 0. The molecule has 1 unspecified atom stereocenters. The number of Topliss-reactive ketones (excluding diaryl/α,β-unsaturated/α-hetero) is 1. The Balaban J connectivity index is 2.81. The number of nitrogens with zero attached hydrogens (tertiary/aromatic N) is 1. The molecule has 0 aliphatic carbocycles. The van der Waals surface area contributed by atoms with E-state index in [9.17, 15) is 14.4 Å². The third kappa shape index (κ3) is 3.78. The van der Waals surface area contributed by atoms with Crippen LogP contribution < -0.4 is 0 Å². The Morgan fingerprint density at radius 1 is 1.45 bits per heavy atom. The molecule has 1 rings (SSSR count). The second-order valence-corrected chi connectivity index (χ2v) is 5.65. The Labute approximate surface area is 121 Å². The Morgan fingerprint density at radius 2 is 2.15 bits per heavy atom. The zero-order valence-corrected chi connectivity index (χ0v) is 12.6. The third-order valence-electron chi connectivity index (χ3n) is 4.18. The van der Waals surface area contributed by atoms with Gasteiger partial charge in [0.05, 0.1) is 6.42 Å². The summed E-state index contributed by atoms with van der Waals surface area (Å²) in [5, 5.41) is 0. The second kappa shape index (κ2) is 7.36. The number of carbonyl (C=O) groups is 3. The number of likely N-dealkylation sites (tertiary alicyclic amines) is 1. The first-order chi connectivity index (χ1) is 9.46. The molecule has 0 N–H and O–H groups in total. The molecule has 0 saturated carbocycles. The fourth-order valence-corrected chi connectivity index (χ4v) is 2.94. The maximum absolute atomic E-state index is 12.7. The Hall–Kier alpha value is -1.45. The fourth-order valence-electron chi connectivity index (χ4n) is 2.94. The van der Waals surface area contributed by atoms with Crippen LogP contribution in [0.1, 0.15) is 58.8 Å². The number of amides is 2. The molecule has 0 aromatic rings. The lowest BCUT2D eigenvalue weighted by molar-refractivity contribution is -0.156. The van der Waals surface area contributed by atoms with Crippen LogP contribution >= 0.6 is 0 Å². The monoisotopic (exact) mass is 279 g/mol. The average Bonchev–Trinajstić information content (AvgIpc) is 2.40. The summed E-state index contributed by atoms with van der Waals surface area (Å²) in [6.45, 7) is 7.54. The Kier molecular flexibility index (Phi) is 6.11. The highest BCUT2D eigenvalue weighted by Gasteiger charge is 2.43. The largest absolute Gasteiger partial charge is 0.299 e. The summed E-state index contributed by atoms with van der Waals surface area (Å²) >= 11 is 0. The minimum atomic E-state index is -0.423. The van der Waals surface area contributed by atoms with Crippen molar-refractivity contribution >= 4 is 17.6 Å². The van der Waals surface area contributed by atoms with E-state index in [2.05, 4.69) is 6.58 Å². The van der Waals surface area contributed by atoms with Crippen LogP contribution in [0.3, 0.4) is 0 Å². The molecule has 1 saturated heterocycles. The first-order valence-electron chi connectivity index (χ1n) is 7.42. The first kappa shape index (κ1) is 16.6. The quantitative estimate of drug-likeness (QED) is 0.409. The fraction of sp³-hybridized carbons (Fsp3) is 0.688. The normalized spacial score (nSPS) is 22.7. The van der Waals surface area contributed by atoms with Gasteiger partial charge in [0.25, 0.3) is 0 Å². The number of hydrogen-bond acceptors (Lipinski definition) is 3. The highest BCUT2D eigenvalue weighted by molar-refractivity contribution is 6.05. The predicted octanol–water partition coefficient (Wildman–Crippen LogP) is 2.87. The highest BCUT2D eigenvalue weighted by atomic mass is 16.2. The SMILES string of the molecule is C=CCCCC1(CC)CCCN(C(=O)CC(C)=O)C1=O. The summed E-state index contributed by atoms with van der Waals surface area (Å²) in [5.74, 6) is -0.618. The molecule has 0 aromatic heterocycles. The van der Waals surface area contributed by atoms with Gasteiger partial charge in [-0.1, -0.05) is 13.0 Å². The van der Waals surface area contributed by atoms with Gasteiger partial charge >= 0.3 is 0 Å². The standard InChI is InChI=1S/C16H25NO3/c1-4-6-7-9-16(5-2)10-8-11-17(15(16)20)14(19)12-13(3)18/h4H,1,5-12H2,2-3H3. The van der Waals surface area contributed by atoms with Crippen LogP contribution in [0.15, 0.2) is 12.7 Å². The van der Waals surface area contributed by atoms with Gasteiger partial charge in [0, 0.05) is 12.0 Å². The molecule has 0 spiro atoms. The third-order valence-corrected chi connectivity index (χ3v) is 4.18. The molecule has 1 aliphatic rings. The van der Waals surface area contributed by atoms with E-state index in [4.69, 9.17) is 0 Å². The van der Waals surface area contributed by atoms with Gasteiger partial charge in [-0.2, -0.15) is 0 Å². The molecule has 0 aromatic carbocycles. The van der Waals surface area contributed by atoms with Crippen molar-refractivity contribution in [3.63, 3.8) is 0 Å². The van der Waals surface area contributed by atoms with Crippen LogP contribution in [0.4, 0.5) is 0 Å². The van der Waals surface area contributed by atoms with Crippen molar-refractivity contribution in [2.75, 3.05) is 6.54 Å². The molecule has 1 aliphatic heterocycles. The maximum Gasteiger partial charge on any atom is 0.236 e. The summed E-state index contributed by atoms with van der Waals surface area (Å²) in [6.07, 6.45) is 6.69. The van der Waals surface area contributed by atoms with Crippen molar-refractivity contribution < 1.29 is 14.4 Å². The number of imide groups is 1. The molecule has 112 valence electrons. The number of carbonyl (C=O) groups excluding carboxylic acids is 3. The Bertz CT molecular complexity index is 403. The summed E-state index contributed by atoms with van der Waals surface area (Å²) in [4.78, 5) is 37.1. The lowest BCUT2D eigenvalue weighted by Gasteiger charge is -2.40. The first-order valence-corrected chi connectivity index (χ1v) is 7.42. The lowest BCUT2D eigenvalue weighted by atomic mass is 9.73. The molecule has 2 amide bonds. The molecule has 4 nitrogen and oxygen atoms in total. The van der Waals surface area contributed by atoms with Crippen LogP contribution in [-0.4, -0.2) is 29.0 Å². The Morgan fingerprint density at radius 3 is 2.70 bits per heavy atom. The van der Waals surface area contributed by atoms with Crippen LogP contribution in [0, 0.1) is 5.41 Å². The van der Waals surface area contributed by atoms with E-state index < -0.39 is 5.41 Å². The molecule has 4 heteroatoms. The van der Waals surface area contributed by atoms with E-state index in [-0.39, 0.29) is 24.0 Å². The van der Waals surface area contributed by atoms with E-state index in [1.807, 2.05) is 13.0 Å². The number of piperidine rings is 1. The molecular weight excluding hydrogens is 254 g/mol. The van der Waals surface area contributed by atoms with E-state index in [1.54, 1.807) is 0 Å². The number of unbranched alkanes of at least 4 members (excludes halogenated alkanes) is 1. The van der Waals surface area contributed by atoms with E-state index in [1.165, 1.54) is 11.8 Å². The van der Waals surface area contributed by atoms with E-state index >= 15 is 0 Å². The molecule has 1 atom stereocenters. The summed E-state index contributed by atoms with van der Waals surface area (Å²) in [6, 6.07) is 0. The van der Waals surface area contributed by atoms with Gasteiger partial charge in [-0.05, 0) is 45.4 Å². The van der Waals surface area contributed by atoms with Crippen molar-refractivity contribution in [1.29, 1.82) is 0 Å². The van der Waals surface area contributed by atoms with Crippen molar-refractivity contribution in [3.8, 4) is 0 Å². The van der Waals surface area contributed by atoms with Crippen molar-refractivity contribution in [2.45, 2.75) is 58.8 Å². The van der Waals surface area contributed by atoms with E-state index in [0.29, 0.717) is 6.54 Å². The molecule has 1 heterocycles. The van der Waals surface area contributed by atoms with Crippen LogP contribution in [0.25, 0.3) is 0 Å². The van der Waals surface area contributed by atoms with Crippen LogP contribution in [0.5, 0.6) is 0 Å². The predicted molar refractivity (Wildman–Crippen MR) is 78.0 cm³/mol. The van der Waals surface area contributed by atoms with Crippen molar-refractivity contribution in [1.82, 2.24) is 4.90 Å². The molecule has 0 radical (unpaired) electrons. The van der Waals surface area contributed by atoms with Gasteiger partial charge in [-0.15, -0.1) is 6.58 Å². The molecule has 0 bridgehead atoms. The van der Waals surface area contributed by atoms with Gasteiger partial charge in [-0.3, -0.25) is 19.3 Å². The minimum Gasteiger partial charge on any atom is -0.299 e. The number of ketones is 1. The van der Waals surface area contributed by atoms with Gasteiger partial charge in [0.15, 0.2) is 0 Å². The molecule has 1 fully saturated rings. The highest BCUT2D eigenvalue weighted by Crippen LogP contribution is 2.39. The molecular formula is C16H25NO3. The van der Waals surface area contributed by atoms with Crippen LogP contribution in [-0.2, 0) is 14.4 Å². The summed E-state index contributed by atoms with van der Waals surface area (Å²) in [7, 11) is 0. The van der Waals surface area contributed by atoms with Gasteiger partial charge < -0.3 is 0 Å². The van der Waals surface area contributed by atoms with Gasteiger partial charge in [-0.25, -0.2) is 0 Å². The average molecular weight is 279 g/mol. The topological polar surface area (TPSA) is 54.5 Å². The van der Waals surface area contributed by atoms with Crippen LogP contribution in [0.2, 0.25) is 0 Å². The van der Waals surface area contributed by atoms with Crippen molar-refractivity contribution in [3.05, 3.63) is 12.7 Å². The zero-order chi connectivity index (χ0) is 15.2. The number of rotatable bonds is 7. The smallest absolute Gasteiger partial charge is 0.236 e. The maximum atomic E-state index is 12.7. The summed E-state index contributed by atoms with van der Waals surface area (Å²) in [5.41, 5.74) is -0.423. The number of allylic oxidation sites excluding steroid dienone is 1. The second-order valence-electron chi connectivity index (χ2n) is 5.65. The van der Waals surface area contributed by atoms with Crippen molar-refractivity contribution in [2.24, 2.45) is 5.41 Å². The minimum absolute atomic E-state index is 0.0819. The molecule has 20 heavy (non-hydrogen) atoms. The van der Waals surface area contributed by atoms with Gasteiger partial charge in [0.1, 0.15) is 5.78 Å². The lowest BCUT2D eigenvalue weighted by Crippen LogP contribution is -2.51. The number of hydrogen-bond donors (Lipinski definition) is 0.